The number of amides is 2. The van der Waals surface area contributed by atoms with Gasteiger partial charge in [-0.2, -0.15) is 0 Å². The fraction of sp³-hybridized carbons (Fsp3) is 0.105. The van der Waals surface area contributed by atoms with Crippen LogP contribution in [0.3, 0.4) is 0 Å². The van der Waals surface area contributed by atoms with Gasteiger partial charge in [-0.05, 0) is 43.3 Å². The van der Waals surface area contributed by atoms with Gasteiger partial charge in [0, 0.05) is 16.7 Å². The molecule has 1 aromatic heterocycles. The number of hydrogen-bond acceptors (Lipinski definition) is 4. The van der Waals surface area contributed by atoms with Crippen molar-refractivity contribution in [2.75, 3.05) is 0 Å². The number of nitrogens with two attached hydrogens (primary N) is 1. The van der Waals surface area contributed by atoms with E-state index in [0.717, 1.165) is 12.1 Å². The lowest BCUT2D eigenvalue weighted by Crippen LogP contribution is -2.43. The van der Waals surface area contributed by atoms with Crippen LogP contribution < -0.4 is 15.8 Å². The number of carbonyl (C=O) groups is 2. The Balaban J connectivity index is 2.04. The van der Waals surface area contributed by atoms with Crippen LogP contribution in [0.15, 0.2) is 42.5 Å². The number of benzene rings is 2. The van der Waals surface area contributed by atoms with Gasteiger partial charge in [-0.1, -0.05) is 23.2 Å². The molecule has 11 heteroatoms. The normalized spacial score (nSPS) is 11.8. The maximum absolute atomic E-state index is 13.9. The molecule has 1 heterocycles. The summed E-state index contributed by atoms with van der Waals surface area (Å²) >= 11 is 11.8. The third-order valence-corrected chi connectivity index (χ3v) is 4.46. The topological polar surface area (TPSA) is 99.2 Å². The molecule has 0 saturated heterocycles. The summed E-state index contributed by atoms with van der Waals surface area (Å²) in [7, 11) is 0. The first-order valence-corrected chi connectivity index (χ1v) is 9.19. The van der Waals surface area contributed by atoms with Gasteiger partial charge in [0.2, 0.25) is 11.8 Å². The molecule has 7 nitrogen and oxygen atoms in total. The molecule has 3 rings (SSSR count). The number of halogens is 4. The molecule has 30 heavy (non-hydrogen) atoms. The highest BCUT2D eigenvalue weighted by Gasteiger charge is 2.19. The summed E-state index contributed by atoms with van der Waals surface area (Å²) in [5, 5.41) is 6.35. The van der Waals surface area contributed by atoms with Gasteiger partial charge in [-0.3, -0.25) is 4.79 Å². The van der Waals surface area contributed by atoms with Gasteiger partial charge in [0.05, 0.1) is 16.4 Å². The average Bonchev–Trinajstić information content (AvgIpc) is 3.06. The fourth-order valence-corrected chi connectivity index (χ4v) is 2.90. The quantitative estimate of drug-likeness (QED) is 0.606. The Kier molecular flexibility index (Phi) is 6.23. The van der Waals surface area contributed by atoms with Gasteiger partial charge < -0.3 is 15.8 Å². The zero-order valence-electron chi connectivity index (χ0n) is 15.3. The van der Waals surface area contributed by atoms with Crippen molar-refractivity contribution < 1.29 is 23.1 Å². The Hall–Kier alpha value is -3.17. The van der Waals surface area contributed by atoms with Gasteiger partial charge in [-0.15, -0.1) is 5.10 Å². The molecule has 0 spiro atoms. The number of nitrogens with zero attached hydrogens (tertiary/aromatic N) is 2. The predicted molar refractivity (Wildman–Crippen MR) is 107 cm³/mol. The van der Waals surface area contributed by atoms with Crippen molar-refractivity contribution in [3.05, 3.63) is 64.1 Å². The Morgan fingerprint density at radius 1 is 1.17 bits per heavy atom. The van der Waals surface area contributed by atoms with E-state index in [0.29, 0.717) is 11.3 Å². The summed E-state index contributed by atoms with van der Waals surface area (Å²) in [6.07, 6.45) is -0.980. The molecule has 3 N–H and O–H groups in total. The molecular formula is C19H14Cl2F2N4O3. The molecule has 0 unspecified atom stereocenters. The van der Waals surface area contributed by atoms with Crippen LogP contribution in [0.1, 0.15) is 6.92 Å². The molecule has 0 aliphatic heterocycles. The monoisotopic (exact) mass is 454 g/mol. The van der Waals surface area contributed by atoms with Crippen LogP contribution in [0.2, 0.25) is 10.0 Å². The molecule has 0 radical (unpaired) electrons. The van der Waals surface area contributed by atoms with Crippen molar-refractivity contribution in [2.45, 2.75) is 13.0 Å². The summed E-state index contributed by atoms with van der Waals surface area (Å²) in [5.74, 6) is -2.18. The van der Waals surface area contributed by atoms with E-state index in [9.17, 15) is 18.4 Å². The van der Waals surface area contributed by atoms with Crippen molar-refractivity contribution in [2.24, 2.45) is 5.73 Å². The maximum atomic E-state index is 13.9. The van der Waals surface area contributed by atoms with E-state index < -0.39 is 29.7 Å². The molecule has 0 aliphatic carbocycles. The Morgan fingerprint density at radius 3 is 2.53 bits per heavy atom. The second-order valence-electron chi connectivity index (χ2n) is 6.19. The minimum Gasteiger partial charge on any atom is -0.390 e. The van der Waals surface area contributed by atoms with Crippen LogP contribution in [0, 0.1) is 11.6 Å². The zero-order chi connectivity index (χ0) is 22.0. The second kappa shape index (κ2) is 8.68. The zero-order valence-corrected chi connectivity index (χ0v) is 16.8. The molecule has 2 amide bonds. The van der Waals surface area contributed by atoms with E-state index in [2.05, 4.69) is 10.4 Å². The SMILES string of the molecule is C[C@H](NC(=O)Oc1cc(-c2cc(F)cc(Cl)c2)n(-c2ccc(F)c(Cl)c2)n1)C(N)=O. The second-order valence-corrected chi connectivity index (χ2v) is 7.04. The lowest BCUT2D eigenvalue weighted by atomic mass is 10.1. The molecule has 1 atom stereocenters. The number of hydrogen-bond donors (Lipinski definition) is 2. The van der Waals surface area contributed by atoms with Crippen molar-refractivity contribution in [3.8, 4) is 22.8 Å². The number of aromatic nitrogens is 2. The van der Waals surface area contributed by atoms with Crippen molar-refractivity contribution >= 4 is 35.2 Å². The molecule has 2 aromatic carbocycles. The molecule has 0 fully saturated rings. The Morgan fingerprint density at radius 2 is 1.90 bits per heavy atom. The first-order chi connectivity index (χ1) is 14.1. The lowest BCUT2D eigenvalue weighted by molar-refractivity contribution is -0.119. The third-order valence-electron chi connectivity index (χ3n) is 3.95. The summed E-state index contributed by atoms with van der Waals surface area (Å²) < 4.78 is 33.8. The van der Waals surface area contributed by atoms with Crippen LogP contribution in [0.4, 0.5) is 13.6 Å². The van der Waals surface area contributed by atoms with Crippen molar-refractivity contribution in [3.63, 3.8) is 0 Å². The van der Waals surface area contributed by atoms with Crippen LogP contribution in [-0.4, -0.2) is 27.8 Å². The Labute approximate surface area is 179 Å². The van der Waals surface area contributed by atoms with Crippen molar-refractivity contribution in [1.82, 2.24) is 15.1 Å². The smallest absolute Gasteiger partial charge is 0.390 e. The maximum Gasteiger partial charge on any atom is 0.414 e. The van der Waals surface area contributed by atoms with Gasteiger partial charge in [0.15, 0.2) is 0 Å². The largest absolute Gasteiger partial charge is 0.414 e. The summed E-state index contributed by atoms with van der Waals surface area (Å²) in [4.78, 5) is 23.1. The minimum atomic E-state index is -0.980. The van der Waals surface area contributed by atoms with Gasteiger partial charge in [-0.25, -0.2) is 18.3 Å². The van der Waals surface area contributed by atoms with Crippen LogP contribution in [-0.2, 0) is 4.79 Å². The highest BCUT2D eigenvalue weighted by Crippen LogP contribution is 2.31. The first-order valence-electron chi connectivity index (χ1n) is 8.43. The van der Waals surface area contributed by atoms with Crippen LogP contribution in [0.5, 0.6) is 5.88 Å². The Bertz CT molecular complexity index is 1120. The van der Waals surface area contributed by atoms with E-state index in [1.54, 1.807) is 0 Å². The van der Waals surface area contributed by atoms with E-state index in [1.807, 2.05) is 0 Å². The van der Waals surface area contributed by atoms with E-state index in [4.69, 9.17) is 33.7 Å². The van der Waals surface area contributed by atoms with E-state index in [1.165, 1.54) is 41.9 Å². The number of primary amides is 1. The van der Waals surface area contributed by atoms with Crippen LogP contribution >= 0.6 is 23.2 Å². The molecule has 3 aromatic rings. The molecule has 156 valence electrons. The summed E-state index contributed by atoms with van der Waals surface area (Å²) in [5.41, 5.74) is 6.01. The molecule has 0 bridgehead atoms. The molecule has 0 saturated carbocycles. The predicted octanol–water partition coefficient (Wildman–Crippen LogP) is 4.09. The lowest BCUT2D eigenvalue weighted by Gasteiger charge is -2.09. The number of nitrogens with one attached hydrogen (secondary N) is 1. The molecule has 0 aliphatic rings. The number of carbonyl (C=O) groups excluding carboxylic acids is 2. The third kappa shape index (κ3) is 4.87. The first kappa shape index (κ1) is 21.5. The standard InChI is InChI=1S/C19H14Cl2F2N4O3/c1-9(18(24)28)25-19(29)30-17-8-16(10-4-11(20)6-12(22)5-10)27(26-17)13-2-3-15(23)14(21)7-13/h2-9H,1H3,(H2,24,28)(H,25,29)/t9-/m0/s1. The summed E-state index contributed by atoms with van der Waals surface area (Å²) in [6.45, 7) is 1.38. The van der Waals surface area contributed by atoms with Crippen molar-refractivity contribution in [1.29, 1.82) is 0 Å². The highest BCUT2D eigenvalue weighted by molar-refractivity contribution is 6.31. The van der Waals surface area contributed by atoms with Gasteiger partial charge in [0.1, 0.15) is 17.7 Å². The summed E-state index contributed by atoms with van der Waals surface area (Å²) in [6, 6.07) is 7.98. The van der Waals surface area contributed by atoms with E-state index >= 15 is 0 Å². The number of ether oxygens (including phenoxy) is 1. The van der Waals surface area contributed by atoms with Crippen LogP contribution in [0.25, 0.3) is 16.9 Å². The van der Waals surface area contributed by atoms with E-state index in [-0.39, 0.29) is 21.6 Å². The highest BCUT2D eigenvalue weighted by atomic mass is 35.5. The fourth-order valence-electron chi connectivity index (χ4n) is 2.50. The number of rotatable bonds is 5. The van der Waals surface area contributed by atoms with Gasteiger partial charge >= 0.3 is 6.09 Å². The van der Waals surface area contributed by atoms with Gasteiger partial charge in [0.25, 0.3) is 0 Å². The minimum absolute atomic E-state index is 0.130. The average molecular weight is 455 g/mol. The molecular weight excluding hydrogens is 441 g/mol.